The minimum atomic E-state index is 0.815. The molecule has 0 atom stereocenters. The van der Waals surface area contributed by atoms with Gasteiger partial charge in [-0.25, -0.2) is 0 Å². The number of rotatable bonds is 8. The van der Waals surface area contributed by atoms with Crippen molar-refractivity contribution in [1.29, 1.82) is 0 Å². The summed E-state index contributed by atoms with van der Waals surface area (Å²) in [7, 11) is 0. The van der Waals surface area contributed by atoms with Crippen molar-refractivity contribution in [2.45, 2.75) is 33.9 Å². The van der Waals surface area contributed by atoms with E-state index >= 15 is 0 Å². The first-order valence-corrected chi connectivity index (χ1v) is 6.33. The van der Waals surface area contributed by atoms with E-state index < -0.39 is 0 Å². The first-order valence-electron chi connectivity index (χ1n) is 6.33. The van der Waals surface area contributed by atoms with Gasteiger partial charge in [-0.15, -0.1) is 6.58 Å². The van der Waals surface area contributed by atoms with Crippen LogP contribution in [0.25, 0.3) is 0 Å². The Balaban J connectivity index is 2.61. The van der Waals surface area contributed by atoms with Gasteiger partial charge in [0.1, 0.15) is 11.5 Å². The van der Waals surface area contributed by atoms with Crippen LogP contribution in [-0.4, -0.2) is 24.5 Å². The molecule has 96 valence electrons. The maximum Gasteiger partial charge on any atom is 0.120 e. The molecule has 0 radical (unpaired) electrons. The molecule has 17 heavy (non-hydrogen) atoms. The van der Waals surface area contributed by atoms with Crippen molar-refractivity contribution in [3.8, 4) is 0 Å². The Morgan fingerprint density at radius 3 is 2.82 bits per heavy atom. The predicted molar refractivity (Wildman–Crippen MR) is 72.0 cm³/mol. The van der Waals surface area contributed by atoms with Crippen LogP contribution in [0.1, 0.15) is 30.9 Å². The molecule has 0 bridgehead atoms. The van der Waals surface area contributed by atoms with E-state index in [2.05, 4.69) is 43.6 Å². The fourth-order valence-electron chi connectivity index (χ4n) is 1.79. The average molecular weight is 236 g/mol. The van der Waals surface area contributed by atoms with Gasteiger partial charge in [-0.2, -0.15) is 0 Å². The highest BCUT2D eigenvalue weighted by atomic mass is 16.3. The van der Waals surface area contributed by atoms with E-state index in [1.165, 1.54) is 5.56 Å². The molecular formula is C14H24N2O. The van der Waals surface area contributed by atoms with Crippen molar-refractivity contribution in [1.82, 2.24) is 10.2 Å². The molecular weight excluding hydrogens is 212 g/mol. The zero-order chi connectivity index (χ0) is 12.7. The van der Waals surface area contributed by atoms with Gasteiger partial charge < -0.3 is 9.73 Å². The van der Waals surface area contributed by atoms with Gasteiger partial charge in [0.25, 0.3) is 0 Å². The van der Waals surface area contributed by atoms with Crippen molar-refractivity contribution >= 4 is 0 Å². The quantitative estimate of drug-likeness (QED) is 0.703. The molecule has 1 aromatic heterocycles. The highest BCUT2D eigenvalue weighted by molar-refractivity contribution is 5.20. The number of hydrogen-bond donors (Lipinski definition) is 1. The lowest BCUT2D eigenvalue weighted by Gasteiger charge is -2.16. The van der Waals surface area contributed by atoms with E-state index in [1.807, 2.05) is 6.08 Å². The molecule has 1 heterocycles. The maximum absolute atomic E-state index is 5.86. The second kappa shape index (κ2) is 7.30. The summed E-state index contributed by atoms with van der Waals surface area (Å²) in [5.74, 6) is 2.09. The van der Waals surface area contributed by atoms with Gasteiger partial charge in [-0.05, 0) is 31.6 Å². The van der Waals surface area contributed by atoms with Gasteiger partial charge in [0.15, 0.2) is 0 Å². The van der Waals surface area contributed by atoms with Crippen molar-refractivity contribution in [3.63, 3.8) is 0 Å². The molecule has 3 heteroatoms. The van der Waals surface area contributed by atoms with E-state index in [-0.39, 0.29) is 0 Å². The Kier molecular flexibility index (Phi) is 6.01. The van der Waals surface area contributed by atoms with Crippen LogP contribution in [0.2, 0.25) is 0 Å². The number of aryl methyl sites for hydroxylation is 1. The van der Waals surface area contributed by atoms with E-state index in [0.29, 0.717) is 0 Å². The molecule has 0 aliphatic rings. The van der Waals surface area contributed by atoms with Crippen molar-refractivity contribution < 1.29 is 4.42 Å². The molecule has 1 N–H and O–H groups in total. The van der Waals surface area contributed by atoms with Crippen molar-refractivity contribution in [2.24, 2.45) is 0 Å². The van der Waals surface area contributed by atoms with E-state index in [9.17, 15) is 0 Å². The fraction of sp³-hybridized carbons (Fsp3) is 0.571. The Hall–Kier alpha value is -1.06. The Morgan fingerprint density at radius 2 is 2.24 bits per heavy atom. The standard InChI is InChI=1S/C14H24N2O/c1-5-8-16(7-3)11-13-9-12(4)14(17-13)10-15-6-2/h5,9,15H,1,6-8,10-11H2,2-4H3. The molecule has 0 spiro atoms. The minimum absolute atomic E-state index is 0.815. The normalized spacial score (nSPS) is 11.1. The number of nitrogens with zero attached hydrogens (tertiary/aromatic N) is 1. The van der Waals surface area contributed by atoms with Crippen LogP contribution in [-0.2, 0) is 13.1 Å². The Labute approximate surface area is 104 Å². The summed E-state index contributed by atoms with van der Waals surface area (Å²) in [6, 6.07) is 2.14. The molecule has 0 aromatic carbocycles. The molecule has 0 aliphatic carbocycles. The molecule has 0 saturated carbocycles. The van der Waals surface area contributed by atoms with Gasteiger partial charge >= 0.3 is 0 Å². The van der Waals surface area contributed by atoms with E-state index in [1.54, 1.807) is 0 Å². The summed E-state index contributed by atoms with van der Waals surface area (Å²) < 4.78 is 5.86. The summed E-state index contributed by atoms with van der Waals surface area (Å²) in [4.78, 5) is 2.29. The number of nitrogens with one attached hydrogen (secondary N) is 1. The second-order valence-electron chi connectivity index (χ2n) is 4.22. The van der Waals surface area contributed by atoms with Gasteiger partial charge in [-0.1, -0.05) is 19.9 Å². The van der Waals surface area contributed by atoms with Crippen LogP contribution >= 0.6 is 0 Å². The number of hydrogen-bond acceptors (Lipinski definition) is 3. The first-order chi connectivity index (χ1) is 8.21. The SMILES string of the molecule is C=CCN(CC)Cc1cc(C)c(CNCC)o1. The zero-order valence-electron chi connectivity index (χ0n) is 11.3. The summed E-state index contributed by atoms with van der Waals surface area (Å²) in [6.07, 6.45) is 1.93. The molecule has 0 fully saturated rings. The van der Waals surface area contributed by atoms with Gasteiger partial charge in [0.05, 0.1) is 13.1 Å². The fourth-order valence-corrected chi connectivity index (χ4v) is 1.79. The largest absolute Gasteiger partial charge is 0.463 e. The molecule has 3 nitrogen and oxygen atoms in total. The minimum Gasteiger partial charge on any atom is -0.463 e. The third-order valence-electron chi connectivity index (χ3n) is 2.82. The van der Waals surface area contributed by atoms with Crippen LogP contribution in [0, 0.1) is 6.92 Å². The van der Waals surface area contributed by atoms with Crippen LogP contribution < -0.4 is 5.32 Å². The topological polar surface area (TPSA) is 28.4 Å². The highest BCUT2D eigenvalue weighted by Crippen LogP contribution is 2.16. The Morgan fingerprint density at radius 1 is 1.47 bits per heavy atom. The van der Waals surface area contributed by atoms with Crippen LogP contribution in [0.4, 0.5) is 0 Å². The van der Waals surface area contributed by atoms with E-state index in [0.717, 1.165) is 44.2 Å². The lowest BCUT2D eigenvalue weighted by molar-refractivity contribution is 0.277. The van der Waals surface area contributed by atoms with Crippen molar-refractivity contribution in [3.05, 3.63) is 35.8 Å². The van der Waals surface area contributed by atoms with Gasteiger partial charge in [-0.3, -0.25) is 4.90 Å². The van der Waals surface area contributed by atoms with Gasteiger partial charge in [0.2, 0.25) is 0 Å². The highest BCUT2D eigenvalue weighted by Gasteiger charge is 2.09. The predicted octanol–water partition coefficient (Wildman–Crippen LogP) is 2.71. The van der Waals surface area contributed by atoms with Gasteiger partial charge in [0, 0.05) is 6.54 Å². The Bertz CT molecular complexity index is 344. The smallest absolute Gasteiger partial charge is 0.120 e. The molecule has 1 rings (SSSR count). The van der Waals surface area contributed by atoms with Crippen molar-refractivity contribution in [2.75, 3.05) is 19.6 Å². The summed E-state index contributed by atoms with van der Waals surface area (Å²) in [5.41, 5.74) is 1.23. The second-order valence-corrected chi connectivity index (χ2v) is 4.22. The van der Waals surface area contributed by atoms with E-state index in [4.69, 9.17) is 4.42 Å². The third kappa shape index (κ3) is 4.36. The molecule has 0 unspecified atom stereocenters. The third-order valence-corrected chi connectivity index (χ3v) is 2.82. The summed E-state index contributed by atoms with van der Waals surface area (Å²) >= 11 is 0. The van der Waals surface area contributed by atoms with Crippen LogP contribution in [0.3, 0.4) is 0 Å². The van der Waals surface area contributed by atoms with Crippen LogP contribution in [0.15, 0.2) is 23.1 Å². The average Bonchev–Trinajstić information content (AvgIpc) is 2.66. The lowest BCUT2D eigenvalue weighted by atomic mass is 10.2. The van der Waals surface area contributed by atoms with Crippen LogP contribution in [0.5, 0.6) is 0 Å². The lowest BCUT2D eigenvalue weighted by Crippen LogP contribution is -2.22. The summed E-state index contributed by atoms with van der Waals surface area (Å²) in [5, 5.41) is 3.29. The molecule has 0 amide bonds. The summed E-state index contributed by atoms with van der Waals surface area (Å²) in [6.45, 7) is 14.7. The first kappa shape index (κ1) is 14.0. The maximum atomic E-state index is 5.86. The zero-order valence-corrected chi connectivity index (χ0v) is 11.3. The number of furan rings is 1. The molecule has 0 aliphatic heterocycles. The molecule has 1 aromatic rings. The number of likely N-dealkylation sites (N-methyl/N-ethyl adjacent to an activating group) is 1. The molecule has 0 saturated heterocycles. The monoisotopic (exact) mass is 236 g/mol.